The van der Waals surface area contributed by atoms with Crippen molar-refractivity contribution >= 4 is 13.5 Å². The molecule has 0 aliphatic rings. The quantitative estimate of drug-likeness (QED) is 0.652. The molecule has 0 bridgehead atoms. The van der Waals surface area contributed by atoms with Gasteiger partial charge in [0.15, 0.2) is 0 Å². The SMILES string of the molecule is CC(C)(C)c1ccc(O)cc1.[S]. The first-order valence-corrected chi connectivity index (χ1v) is 3.79. The number of hydrogen-bond acceptors (Lipinski definition) is 1. The molecule has 0 saturated carbocycles. The van der Waals surface area contributed by atoms with Crippen LogP contribution < -0.4 is 0 Å². The minimum Gasteiger partial charge on any atom is -0.508 e. The second-order valence-corrected chi connectivity index (χ2v) is 3.80. The highest BCUT2D eigenvalue weighted by molar-refractivity contribution is 7.59. The Hall–Kier alpha value is -0.630. The Bertz CT molecular complexity index is 233. The lowest BCUT2D eigenvalue weighted by atomic mass is 9.87. The van der Waals surface area contributed by atoms with Crippen LogP contribution in [0.4, 0.5) is 0 Å². The minimum atomic E-state index is 0. The molecular weight excluding hydrogens is 168 g/mol. The van der Waals surface area contributed by atoms with Crippen LogP contribution >= 0.6 is 13.5 Å². The summed E-state index contributed by atoms with van der Waals surface area (Å²) in [5.41, 5.74) is 1.42. The Kier molecular flexibility index (Phi) is 3.65. The Morgan fingerprint density at radius 1 is 1.00 bits per heavy atom. The van der Waals surface area contributed by atoms with E-state index in [4.69, 9.17) is 5.11 Å². The molecule has 1 aromatic rings. The zero-order chi connectivity index (χ0) is 8.48. The van der Waals surface area contributed by atoms with E-state index in [1.54, 1.807) is 12.1 Å². The fourth-order valence-electron chi connectivity index (χ4n) is 0.961. The molecule has 0 heterocycles. The van der Waals surface area contributed by atoms with Gasteiger partial charge in [-0.1, -0.05) is 32.9 Å². The van der Waals surface area contributed by atoms with Crippen molar-refractivity contribution in [3.8, 4) is 5.75 Å². The molecule has 0 aromatic heterocycles. The van der Waals surface area contributed by atoms with Gasteiger partial charge in [-0.15, -0.1) is 0 Å². The third-order valence-corrected chi connectivity index (χ3v) is 1.73. The first-order valence-electron chi connectivity index (χ1n) is 3.79. The van der Waals surface area contributed by atoms with Crippen LogP contribution in [0.1, 0.15) is 26.3 Å². The van der Waals surface area contributed by atoms with Crippen LogP contribution in [-0.4, -0.2) is 5.11 Å². The fourth-order valence-corrected chi connectivity index (χ4v) is 0.961. The highest BCUT2D eigenvalue weighted by Crippen LogP contribution is 2.23. The number of hydrogen-bond donors (Lipinski definition) is 1. The Morgan fingerprint density at radius 3 is 1.75 bits per heavy atom. The van der Waals surface area contributed by atoms with Gasteiger partial charge in [0.1, 0.15) is 5.75 Å². The second-order valence-electron chi connectivity index (χ2n) is 3.80. The summed E-state index contributed by atoms with van der Waals surface area (Å²) in [5.74, 6) is 0.331. The van der Waals surface area contributed by atoms with E-state index in [9.17, 15) is 0 Å². The average Bonchev–Trinajstić information content (AvgIpc) is 1.86. The van der Waals surface area contributed by atoms with Crippen molar-refractivity contribution in [1.82, 2.24) is 0 Å². The number of benzene rings is 1. The number of rotatable bonds is 0. The van der Waals surface area contributed by atoms with Crippen LogP contribution in [0.5, 0.6) is 5.75 Å². The lowest BCUT2D eigenvalue weighted by Gasteiger charge is -2.18. The Labute approximate surface area is 80.9 Å². The predicted octanol–water partition coefficient (Wildman–Crippen LogP) is 3.34. The molecule has 0 aliphatic heterocycles. The molecule has 1 aromatic carbocycles. The van der Waals surface area contributed by atoms with E-state index in [-0.39, 0.29) is 18.9 Å². The van der Waals surface area contributed by atoms with E-state index >= 15 is 0 Å². The first-order chi connectivity index (χ1) is 5.00. The van der Waals surface area contributed by atoms with Crippen molar-refractivity contribution in [3.63, 3.8) is 0 Å². The molecule has 12 heavy (non-hydrogen) atoms. The zero-order valence-electron chi connectivity index (χ0n) is 7.66. The lowest BCUT2D eigenvalue weighted by molar-refractivity contribution is 0.474. The maximum atomic E-state index is 9.02. The number of phenolic OH excluding ortho intramolecular Hbond substituents is 1. The van der Waals surface area contributed by atoms with E-state index in [0.29, 0.717) is 5.75 Å². The third kappa shape index (κ3) is 2.78. The van der Waals surface area contributed by atoms with Crippen molar-refractivity contribution in [2.45, 2.75) is 26.2 Å². The summed E-state index contributed by atoms with van der Waals surface area (Å²) in [6.07, 6.45) is 0. The average molecular weight is 182 g/mol. The van der Waals surface area contributed by atoms with Crippen LogP contribution in [0, 0.1) is 0 Å². The summed E-state index contributed by atoms with van der Waals surface area (Å²) in [6, 6.07) is 7.35. The topological polar surface area (TPSA) is 20.2 Å². The monoisotopic (exact) mass is 182 g/mol. The van der Waals surface area contributed by atoms with Gasteiger partial charge in [-0.2, -0.15) is 0 Å². The van der Waals surface area contributed by atoms with Gasteiger partial charge in [-0.25, -0.2) is 0 Å². The van der Waals surface area contributed by atoms with Crippen molar-refractivity contribution < 1.29 is 5.11 Å². The predicted molar refractivity (Wildman–Crippen MR) is 54.4 cm³/mol. The van der Waals surface area contributed by atoms with Crippen molar-refractivity contribution in [1.29, 1.82) is 0 Å². The van der Waals surface area contributed by atoms with Gasteiger partial charge in [0.05, 0.1) is 0 Å². The fraction of sp³-hybridized carbons (Fsp3) is 0.400. The van der Waals surface area contributed by atoms with Crippen molar-refractivity contribution in [3.05, 3.63) is 29.8 Å². The standard InChI is InChI=1S/C10H14O.S/c1-10(2,3)8-4-6-9(11)7-5-8;/h4-7,11H,1-3H3;. The van der Waals surface area contributed by atoms with Crippen molar-refractivity contribution in [2.24, 2.45) is 0 Å². The Balaban J connectivity index is 0.00000121. The molecule has 66 valence electrons. The maximum Gasteiger partial charge on any atom is 0.115 e. The van der Waals surface area contributed by atoms with E-state index in [0.717, 1.165) is 0 Å². The van der Waals surface area contributed by atoms with Crippen LogP contribution in [0.3, 0.4) is 0 Å². The van der Waals surface area contributed by atoms with E-state index < -0.39 is 0 Å². The van der Waals surface area contributed by atoms with Gasteiger partial charge in [-0.3, -0.25) is 0 Å². The van der Waals surface area contributed by atoms with E-state index in [1.807, 2.05) is 12.1 Å². The molecule has 1 rings (SSSR count). The zero-order valence-corrected chi connectivity index (χ0v) is 8.48. The molecule has 0 spiro atoms. The molecular formula is C10H14OS. The summed E-state index contributed by atoms with van der Waals surface area (Å²) >= 11 is 0. The molecule has 0 fully saturated rings. The van der Waals surface area contributed by atoms with Gasteiger partial charge in [0, 0.05) is 13.5 Å². The summed E-state index contributed by atoms with van der Waals surface area (Å²) in [6.45, 7) is 6.46. The molecule has 1 nitrogen and oxygen atoms in total. The molecule has 0 atom stereocenters. The molecule has 0 unspecified atom stereocenters. The van der Waals surface area contributed by atoms with Gasteiger partial charge in [0.2, 0.25) is 0 Å². The van der Waals surface area contributed by atoms with Crippen LogP contribution in [0.25, 0.3) is 0 Å². The molecule has 0 aliphatic carbocycles. The van der Waals surface area contributed by atoms with E-state index in [1.165, 1.54) is 5.56 Å². The minimum absolute atomic E-state index is 0. The molecule has 1 N–H and O–H groups in total. The van der Waals surface area contributed by atoms with Crippen LogP contribution in [0.2, 0.25) is 0 Å². The second kappa shape index (κ2) is 3.85. The van der Waals surface area contributed by atoms with Crippen LogP contribution in [-0.2, 0) is 5.41 Å². The summed E-state index contributed by atoms with van der Waals surface area (Å²) in [7, 11) is 0. The van der Waals surface area contributed by atoms with Gasteiger partial charge >= 0.3 is 0 Å². The van der Waals surface area contributed by atoms with Crippen LogP contribution in [0.15, 0.2) is 24.3 Å². The highest BCUT2D eigenvalue weighted by atomic mass is 32.1. The van der Waals surface area contributed by atoms with E-state index in [2.05, 4.69) is 20.8 Å². The summed E-state index contributed by atoms with van der Waals surface area (Å²) in [4.78, 5) is 0. The summed E-state index contributed by atoms with van der Waals surface area (Å²) in [5, 5.41) is 9.02. The molecule has 2 heteroatoms. The lowest BCUT2D eigenvalue weighted by Crippen LogP contribution is -2.10. The Morgan fingerprint density at radius 2 is 1.42 bits per heavy atom. The molecule has 0 saturated heterocycles. The van der Waals surface area contributed by atoms with Crippen molar-refractivity contribution in [2.75, 3.05) is 0 Å². The first kappa shape index (κ1) is 11.4. The third-order valence-electron chi connectivity index (χ3n) is 1.73. The smallest absolute Gasteiger partial charge is 0.115 e. The summed E-state index contributed by atoms with van der Waals surface area (Å²) < 4.78 is 0. The molecule has 2 radical (unpaired) electrons. The highest BCUT2D eigenvalue weighted by Gasteiger charge is 2.12. The maximum absolute atomic E-state index is 9.02. The van der Waals surface area contributed by atoms with Gasteiger partial charge < -0.3 is 5.11 Å². The van der Waals surface area contributed by atoms with Gasteiger partial charge in [0.25, 0.3) is 0 Å². The molecule has 0 amide bonds. The number of aromatic hydroxyl groups is 1. The van der Waals surface area contributed by atoms with Gasteiger partial charge in [-0.05, 0) is 23.1 Å². The largest absolute Gasteiger partial charge is 0.508 e. The normalized spacial score (nSPS) is 10.6. The number of phenols is 1.